The number of hydrazine groups is 1. The molecule has 1 saturated carbocycles. The zero-order valence-electron chi connectivity index (χ0n) is 7.90. The number of aromatic nitrogens is 2. The minimum absolute atomic E-state index is 0.230. The SMILES string of the molecule is Cn1ccnc1C(NN)C1CCC1. The summed E-state index contributed by atoms with van der Waals surface area (Å²) in [6.07, 6.45) is 7.63. The fraction of sp³-hybridized carbons (Fsp3) is 0.667. The van der Waals surface area contributed by atoms with Crippen molar-refractivity contribution in [3.05, 3.63) is 18.2 Å². The highest BCUT2D eigenvalue weighted by Crippen LogP contribution is 2.36. The molecule has 0 amide bonds. The molecule has 1 atom stereocenters. The van der Waals surface area contributed by atoms with Crippen molar-refractivity contribution in [2.45, 2.75) is 25.3 Å². The molecule has 0 saturated heterocycles. The Morgan fingerprint density at radius 2 is 2.46 bits per heavy atom. The van der Waals surface area contributed by atoms with Gasteiger partial charge in [-0.3, -0.25) is 5.84 Å². The molecular weight excluding hydrogens is 164 g/mol. The molecule has 0 bridgehead atoms. The first kappa shape index (κ1) is 8.72. The highest BCUT2D eigenvalue weighted by molar-refractivity contribution is 5.02. The molecule has 1 aliphatic rings. The van der Waals surface area contributed by atoms with Crippen LogP contribution < -0.4 is 11.3 Å². The van der Waals surface area contributed by atoms with Crippen LogP contribution in [0.5, 0.6) is 0 Å². The van der Waals surface area contributed by atoms with E-state index < -0.39 is 0 Å². The zero-order chi connectivity index (χ0) is 9.26. The number of nitrogens with zero attached hydrogens (tertiary/aromatic N) is 2. The van der Waals surface area contributed by atoms with E-state index in [-0.39, 0.29) is 6.04 Å². The molecule has 1 heterocycles. The van der Waals surface area contributed by atoms with Gasteiger partial charge >= 0.3 is 0 Å². The summed E-state index contributed by atoms with van der Waals surface area (Å²) in [7, 11) is 2.01. The third kappa shape index (κ3) is 1.47. The molecule has 0 aliphatic heterocycles. The van der Waals surface area contributed by atoms with Crippen LogP contribution in [0.25, 0.3) is 0 Å². The normalized spacial score (nSPS) is 19.8. The molecule has 1 unspecified atom stereocenters. The number of nitrogens with two attached hydrogens (primary N) is 1. The third-order valence-corrected chi connectivity index (χ3v) is 2.94. The summed E-state index contributed by atoms with van der Waals surface area (Å²) < 4.78 is 2.03. The van der Waals surface area contributed by atoms with Crippen LogP contribution in [0.1, 0.15) is 31.1 Å². The van der Waals surface area contributed by atoms with Gasteiger partial charge in [0.15, 0.2) is 0 Å². The van der Waals surface area contributed by atoms with E-state index in [0.29, 0.717) is 5.92 Å². The standard InChI is InChI=1S/C9H16N4/c1-13-6-5-11-9(13)8(12-10)7-3-2-4-7/h5-8,12H,2-4,10H2,1H3. The van der Waals surface area contributed by atoms with E-state index in [1.54, 1.807) is 0 Å². The summed E-state index contributed by atoms with van der Waals surface area (Å²) in [6, 6.07) is 0.230. The predicted octanol–water partition coefficient (Wildman–Crippen LogP) is 0.725. The molecule has 0 radical (unpaired) electrons. The largest absolute Gasteiger partial charge is 0.337 e. The van der Waals surface area contributed by atoms with Crippen molar-refractivity contribution >= 4 is 0 Å². The number of rotatable bonds is 3. The van der Waals surface area contributed by atoms with E-state index in [2.05, 4.69) is 10.4 Å². The van der Waals surface area contributed by atoms with Crippen LogP contribution in [0.4, 0.5) is 0 Å². The van der Waals surface area contributed by atoms with E-state index in [9.17, 15) is 0 Å². The van der Waals surface area contributed by atoms with Crippen molar-refractivity contribution in [3.8, 4) is 0 Å². The number of nitrogens with one attached hydrogen (secondary N) is 1. The molecule has 4 nitrogen and oxygen atoms in total. The van der Waals surface area contributed by atoms with Gasteiger partial charge in [-0.1, -0.05) is 6.42 Å². The fourth-order valence-electron chi connectivity index (χ4n) is 1.87. The van der Waals surface area contributed by atoms with Gasteiger partial charge in [0, 0.05) is 19.4 Å². The lowest BCUT2D eigenvalue weighted by molar-refractivity contribution is 0.222. The lowest BCUT2D eigenvalue weighted by Gasteiger charge is -2.32. The van der Waals surface area contributed by atoms with E-state index >= 15 is 0 Å². The summed E-state index contributed by atoms with van der Waals surface area (Å²) in [5.74, 6) is 7.26. The highest BCUT2D eigenvalue weighted by atomic mass is 15.3. The molecule has 4 heteroatoms. The van der Waals surface area contributed by atoms with Gasteiger partial charge in [-0.05, 0) is 18.8 Å². The molecule has 1 aromatic rings. The molecule has 1 fully saturated rings. The van der Waals surface area contributed by atoms with Crippen LogP contribution in [0.3, 0.4) is 0 Å². The highest BCUT2D eigenvalue weighted by Gasteiger charge is 2.29. The van der Waals surface area contributed by atoms with Gasteiger partial charge in [-0.15, -0.1) is 0 Å². The van der Waals surface area contributed by atoms with Crippen molar-refractivity contribution in [2.24, 2.45) is 18.8 Å². The van der Waals surface area contributed by atoms with E-state index in [0.717, 1.165) is 5.82 Å². The monoisotopic (exact) mass is 180 g/mol. The van der Waals surface area contributed by atoms with Gasteiger partial charge in [0.05, 0.1) is 6.04 Å². The summed E-state index contributed by atoms with van der Waals surface area (Å²) in [5, 5.41) is 0. The maximum Gasteiger partial charge on any atom is 0.127 e. The van der Waals surface area contributed by atoms with Crippen molar-refractivity contribution in [2.75, 3.05) is 0 Å². The first-order valence-corrected chi connectivity index (χ1v) is 4.76. The first-order chi connectivity index (χ1) is 6.33. The molecule has 0 aromatic carbocycles. The van der Waals surface area contributed by atoms with Gasteiger partial charge in [0.1, 0.15) is 5.82 Å². The Balaban J connectivity index is 2.16. The Morgan fingerprint density at radius 3 is 2.85 bits per heavy atom. The number of hydrogen-bond acceptors (Lipinski definition) is 3. The third-order valence-electron chi connectivity index (χ3n) is 2.94. The van der Waals surface area contributed by atoms with Crippen LogP contribution >= 0.6 is 0 Å². The smallest absolute Gasteiger partial charge is 0.127 e. The van der Waals surface area contributed by atoms with Crippen LogP contribution in [-0.2, 0) is 7.05 Å². The summed E-state index contributed by atoms with van der Waals surface area (Å²) in [5.41, 5.74) is 2.86. The summed E-state index contributed by atoms with van der Waals surface area (Å²) in [6.45, 7) is 0. The second-order valence-electron chi connectivity index (χ2n) is 3.73. The second kappa shape index (κ2) is 3.47. The van der Waals surface area contributed by atoms with Crippen LogP contribution in [-0.4, -0.2) is 9.55 Å². The molecule has 2 rings (SSSR count). The molecule has 1 aromatic heterocycles. The second-order valence-corrected chi connectivity index (χ2v) is 3.73. The predicted molar refractivity (Wildman–Crippen MR) is 50.6 cm³/mol. The Hall–Kier alpha value is -0.870. The maximum absolute atomic E-state index is 5.54. The van der Waals surface area contributed by atoms with Gasteiger partial charge in [0.25, 0.3) is 0 Å². The van der Waals surface area contributed by atoms with E-state index in [4.69, 9.17) is 5.84 Å². The van der Waals surface area contributed by atoms with Crippen LogP contribution in [0.15, 0.2) is 12.4 Å². The first-order valence-electron chi connectivity index (χ1n) is 4.76. The molecule has 72 valence electrons. The molecule has 13 heavy (non-hydrogen) atoms. The number of aryl methyl sites for hydroxylation is 1. The minimum Gasteiger partial charge on any atom is -0.337 e. The lowest BCUT2D eigenvalue weighted by Crippen LogP contribution is -2.37. The van der Waals surface area contributed by atoms with Crippen molar-refractivity contribution in [3.63, 3.8) is 0 Å². The Bertz CT molecular complexity index is 277. The average Bonchev–Trinajstić information content (AvgIpc) is 2.43. The zero-order valence-corrected chi connectivity index (χ0v) is 7.90. The van der Waals surface area contributed by atoms with Crippen molar-refractivity contribution in [1.82, 2.24) is 15.0 Å². The fourth-order valence-corrected chi connectivity index (χ4v) is 1.87. The Kier molecular flexibility index (Phi) is 2.33. The van der Waals surface area contributed by atoms with E-state index in [1.165, 1.54) is 19.3 Å². The molecule has 0 spiro atoms. The van der Waals surface area contributed by atoms with Crippen molar-refractivity contribution in [1.29, 1.82) is 0 Å². The minimum atomic E-state index is 0.230. The summed E-state index contributed by atoms with van der Waals surface area (Å²) in [4.78, 5) is 4.31. The summed E-state index contributed by atoms with van der Waals surface area (Å²) >= 11 is 0. The quantitative estimate of drug-likeness (QED) is 0.532. The number of hydrogen-bond donors (Lipinski definition) is 2. The van der Waals surface area contributed by atoms with E-state index in [1.807, 2.05) is 24.0 Å². The Morgan fingerprint density at radius 1 is 1.69 bits per heavy atom. The van der Waals surface area contributed by atoms with Crippen LogP contribution in [0.2, 0.25) is 0 Å². The molecule has 3 N–H and O–H groups in total. The number of imidazole rings is 1. The maximum atomic E-state index is 5.54. The molecular formula is C9H16N4. The average molecular weight is 180 g/mol. The molecule has 1 aliphatic carbocycles. The van der Waals surface area contributed by atoms with Gasteiger partial charge in [-0.25, -0.2) is 10.4 Å². The van der Waals surface area contributed by atoms with Gasteiger partial charge in [-0.2, -0.15) is 0 Å². The lowest BCUT2D eigenvalue weighted by atomic mass is 9.79. The van der Waals surface area contributed by atoms with Gasteiger partial charge in [0.2, 0.25) is 0 Å². The van der Waals surface area contributed by atoms with Crippen LogP contribution in [0, 0.1) is 5.92 Å². The topological polar surface area (TPSA) is 55.9 Å². The Labute approximate surface area is 78.1 Å². The van der Waals surface area contributed by atoms with Gasteiger partial charge < -0.3 is 4.57 Å². The van der Waals surface area contributed by atoms with Crippen molar-refractivity contribution < 1.29 is 0 Å².